The van der Waals surface area contributed by atoms with E-state index >= 15 is 0 Å². The second-order valence-electron chi connectivity index (χ2n) is 6.41. The number of carbonyl (C=O) groups is 1. The van der Waals surface area contributed by atoms with Crippen LogP contribution in [0.15, 0.2) is 11.6 Å². The van der Waals surface area contributed by atoms with Crippen LogP contribution in [0.1, 0.15) is 47.5 Å². The lowest BCUT2D eigenvalue weighted by molar-refractivity contribution is -0.113. The fraction of sp³-hybridized carbons (Fsp3) is 0.786. The molecule has 3 unspecified atom stereocenters. The van der Waals surface area contributed by atoms with Crippen molar-refractivity contribution in [1.82, 2.24) is 0 Å². The predicted molar refractivity (Wildman–Crippen MR) is 62.5 cm³/mol. The van der Waals surface area contributed by atoms with Crippen molar-refractivity contribution in [2.24, 2.45) is 22.7 Å². The molecule has 0 aromatic heterocycles. The first kappa shape index (κ1) is 10.9. The Bertz CT molecular complexity index is 337. The van der Waals surface area contributed by atoms with Crippen LogP contribution in [0.2, 0.25) is 0 Å². The normalized spacial score (nSPS) is 42.6. The molecule has 2 aliphatic carbocycles. The van der Waals surface area contributed by atoms with E-state index < -0.39 is 0 Å². The van der Waals surface area contributed by atoms with Gasteiger partial charge in [-0.3, -0.25) is 4.79 Å². The Kier molecular flexibility index (Phi) is 2.15. The molecule has 0 N–H and O–H groups in total. The van der Waals surface area contributed by atoms with Gasteiger partial charge in [0.25, 0.3) is 0 Å². The summed E-state index contributed by atoms with van der Waals surface area (Å²) < 4.78 is 0. The molecule has 1 fully saturated rings. The number of Topliss-reactive ketones (excluding diaryl/α,β-unsaturated/α-hetero) is 1. The number of allylic oxidation sites excluding steroid dienone is 2. The minimum absolute atomic E-state index is 0.272. The third-order valence-electron chi connectivity index (χ3n) is 5.09. The van der Waals surface area contributed by atoms with E-state index in [-0.39, 0.29) is 11.2 Å². The van der Waals surface area contributed by atoms with E-state index in [1.807, 2.05) is 0 Å². The molecule has 3 atom stereocenters. The van der Waals surface area contributed by atoms with Crippen LogP contribution in [0.3, 0.4) is 0 Å². The summed E-state index contributed by atoms with van der Waals surface area (Å²) in [4.78, 5) is 11.4. The monoisotopic (exact) mass is 206 g/mol. The van der Waals surface area contributed by atoms with Crippen LogP contribution in [0, 0.1) is 22.7 Å². The summed E-state index contributed by atoms with van der Waals surface area (Å²) in [6.45, 7) is 11.1. The Balaban J connectivity index is 2.35. The topological polar surface area (TPSA) is 17.1 Å². The van der Waals surface area contributed by atoms with Crippen molar-refractivity contribution < 1.29 is 4.79 Å². The first-order chi connectivity index (χ1) is 6.77. The van der Waals surface area contributed by atoms with Gasteiger partial charge in [0.1, 0.15) is 0 Å². The fourth-order valence-corrected chi connectivity index (χ4v) is 3.84. The summed E-state index contributed by atoms with van der Waals surface area (Å²) in [6.07, 6.45) is 4.51. The molecule has 0 radical (unpaired) electrons. The molecule has 84 valence electrons. The van der Waals surface area contributed by atoms with Gasteiger partial charge in [-0.15, -0.1) is 0 Å². The van der Waals surface area contributed by atoms with Crippen LogP contribution < -0.4 is 0 Å². The minimum Gasteiger partial charge on any atom is -0.295 e. The highest BCUT2D eigenvalue weighted by Crippen LogP contribution is 2.63. The van der Waals surface area contributed by atoms with Crippen LogP contribution in [0.5, 0.6) is 0 Å². The van der Waals surface area contributed by atoms with E-state index in [0.717, 1.165) is 17.9 Å². The molecule has 15 heavy (non-hydrogen) atoms. The van der Waals surface area contributed by atoms with Crippen LogP contribution in [0.4, 0.5) is 0 Å². The fourth-order valence-electron chi connectivity index (χ4n) is 3.84. The Hall–Kier alpha value is -0.590. The van der Waals surface area contributed by atoms with Gasteiger partial charge < -0.3 is 0 Å². The number of fused-ring (bicyclic) bond motifs is 1. The maximum absolute atomic E-state index is 11.4. The van der Waals surface area contributed by atoms with E-state index in [1.54, 1.807) is 6.92 Å². The van der Waals surface area contributed by atoms with Crippen molar-refractivity contribution in [3.8, 4) is 0 Å². The summed E-state index contributed by atoms with van der Waals surface area (Å²) in [5.74, 6) is 1.70. The van der Waals surface area contributed by atoms with Crippen LogP contribution in [-0.2, 0) is 4.79 Å². The first-order valence-electron chi connectivity index (χ1n) is 6.00. The molecule has 1 nitrogen and oxygen atoms in total. The van der Waals surface area contributed by atoms with Gasteiger partial charge in [-0.2, -0.15) is 0 Å². The number of carbonyl (C=O) groups excluding carboxylic acids is 1. The van der Waals surface area contributed by atoms with Gasteiger partial charge in [-0.05, 0) is 48.0 Å². The average Bonchev–Trinajstić information content (AvgIpc) is 2.49. The predicted octanol–water partition coefficient (Wildman–Crippen LogP) is 3.59. The van der Waals surface area contributed by atoms with E-state index in [1.165, 1.54) is 6.42 Å². The van der Waals surface area contributed by atoms with Gasteiger partial charge in [0.15, 0.2) is 5.78 Å². The van der Waals surface area contributed by atoms with E-state index in [4.69, 9.17) is 0 Å². The molecule has 0 amide bonds. The number of hydrogen-bond donors (Lipinski definition) is 0. The van der Waals surface area contributed by atoms with Gasteiger partial charge in [0, 0.05) is 0 Å². The quantitative estimate of drug-likeness (QED) is 0.640. The van der Waals surface area contributed by atoms with Gasteiger partial charge >= 0.3 is 0 Å². The van der Waals surface area contributed by atoms with Gasteiger partial charge in [-0.25, -0.2) is 0 Å². The smallest absolute Gasteiger partial charge is 0.155 e. The molecular weight excluding hydrogens is 184 g/mol. The second kappa shape index (κ2) is 2.96. The molecule has 1 heteroatoms. The van der Waals surface area contributed by atoms with Crippen molar-refractivity contribution in [2.45, 2.75) is 47.5 Å². The number of hydrogen-bond acceptors (Lipinski definition) is 1. The van der Waals surface area contributed by atoms with E-state index in [9.17, 15) is 4.79 Å². The summed E-state index contributed by atoms with van der Waals surface area (Å²) in [6, 6.07) is 0. The van der Waals surface area contributed by atoms with Crippen LogP contribution in [0.25, 0.3) is 0 Å². The summed E-state index contributed by atoms with van der Waals surface area (Å²) in [5.41, 5.74) is 1.73. The maximum Gasteiger partial charge on any atom is 0.155 e. The van der Waals surface area contributed by atoms with Crippen molar-refractivity contribution in [2.75, 3.05) is 0 Å². The molecule has 0 heterocycles. The largest absolute Gasteiger partial charge is 0.295 e. The third-order valence-corrected chi connectivity index (χ3v) is 5.09. The first-order valence-corrected chi connectivity index (χ1v) is 6.00. The Morgan fingerprint density at radius 1 is 1.40 bits per heavy atom. The highest BCUT2D eigenvalue weighted by molar-refractivity contribution is 5.94. The van der Waals surface area contributed by atoms with E-state index in [0.29, 0.717) is 11.3 Å². The SMILES string of the molecule is CC(=O)C1=CC2(C)CC(C)C(C)(C)C2C1. The Labute approximate surface area is 92.9 Å². The molecule has 0 saturated heterocycles. The maximum atomic E-state index is 11.4. The van der Waals surface area contributed by atoms with Crippen LogP contribution in [-0.4, -0.2) is 5.78 Å². The van der Waals surface area contributed by atoms with Gasteiger partial charge in [0.05, 0.1) is 0 Å². The molecular formula is C14H22O. The van der Waals surface area contributed by atoms with Gasteiger partial charge in [-0.1, -0.05) is 33.8 Å². The molecule has 0 aliphatic heterocycles. The molecule has 0 spiro atoms. The van der Waals surface area contributed by atoms with Crippen LogP contribution >= 0.6 is 0 Å². The molecule has 0 aromatic rings. The lowest BCUT2D eigenvalue weighted by Crippen LogP contribution is -2.27. The zero-order valence-corrected chi connectivity index (χ0v) is 10.6. The number of rotatable bonds is 1. The third kappa shape index (κ3) is 1.39. The lowest BCUT2D eigenvalue weighted by atomic mass is 9.71. The summed E-state index contributed by atoms with van der Waals surface area (Å²) in [5, 5.41) is 0. The molecule has 2 aliphatic rings. The zero-order valence-electron chi connectivity index (χ0n) is 10.6. The van der Waals surface area contributed by atoms with Crippen molar-refractivity contribution >= 4 is 5.78 Å². The van der Waals surface area contributed by atoms with Crippen molar-refractivity contribution in [3.05, 3.63) is 11.6 Å². The van der Waals surface area contributed by atoms with Gasteiger partial charge in [0.2, 0.25) is 0 Å². The van der Waals surface area contributed by atoms with E-state index in [2.05, 4.69) is 33.8 Å². The Morgan fingerprint density at radius 2 is 2.00 bits per heavy atom. The molecule has 1 saturated carbocycles. The Morgan fingerprint density at radius 3 is 2.47 bits per heavy atom. The average molecular weight is 206 g/mol. The highest BCUT2D eigenvalue weighted by atomic mass is 16.1. The highest BCUT2D eigenvalue weighted by Gasteiger charge is 2.55. The van der Waals surface area contributed by atoms with Crippen molar-refractivity contribution in [3.63, 3.8) is 0 Å². The number of ketones is 1. The summed E-state index contributed by atoms with van der Waals surface area (Å²) in [7, 11) is 0. The summed E-state index contributed by atoms with van der Waals surface area (Å²) >= 11 is 0. The second-order valence-corrected chi connectivity index (χ2v) is 6.41. The lowest BCUT2D eigenvalue weighted by Gasteiger charge is -2.33. The zero-order chi connectivity index (χ0) is 11.4. The minimum atomic E-state index is 0.272. The molecule has 2 rings (SSSR count). The standard InChI is InChI=1S/C14H22O/c1-9-7-14(5)8-11(10(2)15)6-12(14)13(9,3)4/h8-9,12H,6-7H2,1-5H3. The van der Waals surface area contributed by atoms with Crippen molar-refractivity contribution in [1.29, 1.82) is 0 Å². The molecule has 0 bridgehead atoms. The molecule has 0 aromatic carbocycles.